The molecule has 0 aliphatic heterocycles. The lowest BCUT2D eigenvalue weighted by molar-refractivity contribution is -0.139. The van der Waals surface area contributed by atoms with Gasteiger partial charge in [-0.1, -0.05) is 19.0 Å². The summed E-state index contributed by atoms with van der Waals surface area (Å²) in [7, 11) is 0. The van der Waals surface area contributed by atoms with Gasteiger partial charge in [-0.3, -0.25) is 4.79 Å². The Morgan fingerprint density at radius 2 is 2.20 bits per heavy atom. The average Bonchev–Trinajstić information content (AvgIpc) is 1.81. The van der Waals surface area contributed by atoms with Crippen LogP contribution in [0, 0.1) is 5.92 Å². The maximum absolute atomic E-state index is 10.3. The predicted molar refractivity (Wildman–Crippen MR) is 35.4 cm³/mol. The van der Waals surface area contributed by atoms with E-state index in [2.05, 4.69) is 10.0 Å². The van der Waals surface area contributed by atoms with Crippen molar-refractivity contribution in [2.24, 2.45) is 11.0 Å². The molecule has 0 rings (SSSR count). The molecule has 5 nitrogen and oxygen atoms in total. The second-order valence-corrected chi connectivity index (χ2v) is 2.23. The Bertz CT molecular complexity index is 170. The lowest BCUT2D eigenvalue weighted by atomic mass is 10.1. The maximum Gasteiger partial charge on any atom is 0.312 e. The Morgan fingerprint density at radius 1 is 1.70 bits per heavy atom. The number of rotatable bonds is 3. The van der Waals surface area contributed by atoms with E-state index < -0.39 is 12.0 Å². The van der Waals surface area contributed by atoms with Gasteiger partial charge in [0.15, 0.2) is 0 Å². The Kier molecular flexibility index (Phi) is 3.28. The van der Waals surface area contributed by atoms with Crippen LogP contribution in [0.15, 0.2) is 5.11 Å². The molecule has 1 N–H and O–H groups in total. The Balaban J connectivity index is 4.26. The Morgan fingerprint density at radius 3 is 2.30 bits per heavy atom. The van der Waals surface area contributed by atoms with Crippen molar-refractivity contribution in [3.05, 3.63) is 10.4 Å². The van der Waals surface area contributed by atoms with Crippen LogP contribution in [-0.4, -0.2) is 17.1 Å². The second kappa shape index (κ2) is 3.74. The molecule has 56 valence electrons. The summed E-state index contributed by atoms with van der Waals surface area (Å²) in [6.07, 6.45) is 0. The van der Waals surface area contributed by atoms with E-state index in [1.807, 2.05) is 0 Å². The lowest BCUT2D eigenvalue weighted by Gasteiger charge is -2.07. The highest BCUT2D eigenvalue weighted by molar-refractivity contribution is 5.73. The van der Waals surface area contributed by atoms with Crippen molar-refractivity contribution in [3.8, 4) is 0 Å². The van der Waals surface area contributed by atoms with Gasteiger partial charge >= 0.3 is 5.97 Å². The number of nitrogens with zero attached hydrogens (tertiary/aromatic N) is 3. The number of hydrogen-bond acceptors (Lipinski definition) is 2. The summed E-state index contributed by atoms with van der Waals surface area (Å²) in [6.45, 7) is 3.38. The van der Waals surface area contributed by atoms with Gasteiger partial charge in [0.05, 0.1) is 0 Å². The highest BCUT2D eigenvalue weighted by atomic mass is 16.4. The summed E-state index contributed by atoms with van der Waals surface area (Å²) in [4.78, 5) is 12.7. The van der Waals surface area contributed by atoms with E-state index in [-0.39, 0.29) is 5.92 Å². The van der Waals surface area contributed by atoms with Crippen LogP contribution in [0.4, 0.5) is 0 Å². The van der Waals surface area contributed by atoms with Crippen molar-refractivity contribution in [2.75, 3.05) is 0 Å². The van der Waals surface area contributed by atoms with Crippen molar-refractivity contribution in [1.29, 1.82) is 0 Å². The molecule has 0 aliphatic carbocycles. The van der Waals surface area contributed by atoms with Gasteiger partial charge < -0.3 is 5.11 Å². The van der Waals surface area contributed by atoms with E-state index in [4.69, 9.17) is 10.6 Å². The molecule has 0 aromatic heterocycles. The number of azide groups is 1. The van der Waals surface area contributed by atoms with Gasteiger partial charge in [-0.25, -0.2) is 0 Å². The molecule has 0 saturated carbocycles. The summed E-state index contributed by atoms with van der Waals surface area (Å²) in [5, 5.41) is 11.5. The molecule has 0 spiro atoms. The zero-order valence-electron chi connectivity index (χ0n) is 5.85. The van der Waals surface area contributed by atoms with Gasteiger partial charge in [-0.15, -0.1) is 0 Å². The minimum Gasteiger partial charge on any atom is -0.481 e. The Labute approximate surface area is 58.3 Å². The first kappa shape index (κ1) is 8.78. The van der Waals surface area contributed by atoms with Gasteiger partial charge in [0, 0.05) is 4.91 Å². The normalized spacial score (nSPS) is 12.3. The second-order valence-electron chi connectivity index (χ2n) is 2.23. The number of carboxylic acids is 1. The molecule has 0 amide bonds. The molecule has 0 fully saturated rings. The number of carbonyl (C=O) groups is 1. The summed E-state index contributed by atoms with van der Waals surface area (Å²) >= 11 is 0. The molecule has 1 unspecified atom stereocenters. The fourth-order valence-corrected chi connectivity index (χ4v) is 0.524. The molecule has 0 aromatic rings. The molecule has 0 saturated heterocycles. The molecular weight excluding hydrogens is 134 g/mol. The van der Waals surface area contributed by atoms with Crippen molar-refractivity contribution in [2.45, 2.75) is 19.9 Å². The highest BCUT2D eigenvalue weighted by Gasteiger charge is 2.18. The van der Waals surface area contributed by atoms with Crippen LogP contribution < -0.4 is 0 Å². The minimum absolute atomic E-state index is 0.159. The number of hydrogen-bond donors (Lipinski definition) is 1. The van der Waals surface area contributed by atoms with Crippen LogP contribution in [0.3, 0.4) is 0 Å². The van der Waals surface area contributed by atoms with E-state index >= 15 is 0 Å². The smallest absolute Gasteiger partial charge is 0.312 e. The van der Waals surface area contributed by atoms with Gasteiger partial charge in [0.25, 0.3) is 0 Å². The number of carboxylic acid groups (broad SMARTS) is 1. The van der Waals surface area contributed by atoms with E-state index in [9.17, 15) is 4.79 Å². The van der Waals surface area contributed by atoms with Crippen LogP contribution in [-0.2, 0) is 4.79 Å². The van der Waals surface area contributed by atoms with E-state index in [1.165, 1.54) is 0 Å². The Hall–Kier alpha value is -1.22. The monoisotopic (exact) mass is 143 g/mol. The fourth-order valence-electron chi connectivity index (χ4n) is 0.524. The third kappa shape index (κ3) is 2.37. The fraction of sp³-hybridized carbons (Fsp3) is 0.800. The molecule has 10 heavy (non-hydrogen) atoms. The molecule has 0 aliphatic rings. The first-order chi connectivity index (χ1) is 4.59. The zero-order chi connectivity index (χ0) is 8.15. The highest BCUT2D eigenvalue weighted by Crippen LogP contribution is 2.05. The molecular formula is C5H9N3O2. The summed E-state index contributed by atoms with van der Waals surface area (Å²) in [5.41, 5.74) is 7.93. The van der Waals surface area contributed by atoms with Crippen LogP contribution >= 0.6 is 0 Å². The summed E-state index contributed by atoms with van der Waals surface area (Å²) in [5.74, 6) is -1.23. The van der Waals surface area contributed by atoms with E-state index in [0.29, 0.717) is 0 Å². The van der Waals surface area contributed by atoms with Gasteiger partial charge in [0.1, 0.15) is 6.04 Å². The minimum atomic E-state index is -1.08. The quantitative estimate of drug-likeness (QED) is 0.367. The predicted octanol–water partition coefficient (Wildman–Crippen LogP) is 1.41. The third-order valence-corrected chi connectivity index (χ3v) is 1.06. The van der Waals surface area contributed by atoms with Crippen molar-refractivity contribution < 1.29 is 9.90 Å². The van der Waals surface area contributed by atoms with Crippen LogP contribution in [0.1, 0.15) is 13.8 Å². The third-order valence-electron chi connectivity index (χ3n) is 1.06. The standard InChI is InChI=1S/C5H9N3O2/c1-3(2)4(5(9)10)7-8-6/h3-4H,1-2H3,(H,9,10). The summed E-state index contributed by atoms with van der Waals surface area (Å²) in [6, 6.07) is -0.940. The van der Waals surface area contributed by atoms with Crippen molar-refractivity contribution >= 4 is 5.97 Å². The first-order valence-electron chi connectivity index (χ1n) is 2.86. The topological polar surface area (TPSA) is 86.1 Å². The SMILES string of the molecule is CC(C)C(N=[N+]=[N-])C(=O)O. The van der Waals surface area contributed by atoms with Crippen LogP contribution in [0.25, 0.3) is 10.4 Å². The molecule has 0 heterocycles. The van der Waals surface area contributed by atoms with Crippen LogP contribution in [0.5, 0.6) is 0 Å². The molecule has 0 bridgehead atoms. The summed E-state index contributed by atoms with van der Waals surface area (Å²) < 4.78 is 0. The number of aliphatic carboxylic acids is 1. The largest absolute Gasteiger partial charge is 0.481 e. The van der Waals surface area contributed by atoms with Gasteiger partial charge in [-0.05, 0) is 11.4 Å². The van der Waals surface area contributed by atoms with Gasteiger partial charge in [0.2, 0.25) is 0 Å². The maximum atomic E-state index is 10.3. The van der Waals surface area contributed by atoms with Crippen molar-refractivity contribution in [1.82, 2.24) is 0 Å². The van der Waals surface area contributed by atoms with E-state index in [0.717, 1.165) is 0 Å². The average molecular weight is 143 g/mol. The molecule has 5 heteroatoms. The van der Waals surface area contributed by atoms with Crippen molar-refractivity contribution in [3.63, 3.8) is 0 Å². The van der Waals surface area contributed by atoms with E-state index in [1.54, 1.807) is 13.8 Å². The van der Waals surface area contributed by atoms with Crippen LogP contribution in [0.2, 0.25) is 0 Å². The zero-order valence-corrected chi connectivity index (χ0v) is 5.85. The molecule has 0 aromatic carbocycles. The first-order valence-corrected chi connectivity index (χ1v) is 2.86. The molecule has 0 radical (unpaired) electrons. The molecule has 1 atom stereocenters. The lowest BCUT2D eigenvalue weighted by Crippen LogP contribution is -2.22. The van der Waals surface area contributed by atoms with Gasteiger partial charge in [-0.2, -0.15) is 0 Å².